The highest BCUT2D eigenvalue weighted by Gasteiger charge is 2.29. The Bertz CT molecular complexity index is 1130. The zero-order valence-electron chi connectivity index (χ0n) is 21.0. The van der Waals surface area contributed by atoms with Crippen LogP contribution in [0.2, 0.25) is 0 Å². The molecule has 1 aliphatic heterocycles. The maximum absolute atomic E-state index is 13.2. The van der Waals surface area contributed by atoms with Gasteiger partial charge in [0.25, 0.3) is 5.91 Å². The molecule has 0 radical (unpaired) electrons. The van der Waals surface area contributed by atoms with Crippen LogP contribution in [-0.2, 0) is 0 Å². The summed E-state index contributed by atoms with van der Waals surface area (Å²) in [7, 11) is 3.01. The summed E-state index contributed by atoms with van der Waals surface area (Å²) in [6.45, 7) is 4.39. The topological polar surface area (TPSA) is 104 Å². The summed E-state index contributed by atoms with van der Waals surface area (Å²) < 4.78 is 6.66. The number of carbonyl (C=O) groups is 2. The number of hydrogen-bond acceptors (Lipinski definition) is 6. The van der Waals surface area contributed by atoms with Gasteiger partial charge in [-0.25, -0.2) is 14.3 Å². The Kier molecular flexibility index (Phi) is 7.73. The molecule has 1 aliphatic carbocycles. The van der Waals surface area contributed by atoms with Gasteiger partial charge >= 0.3 is 6.03 Å². The number of methoxy groups -OCH3 is 1. The van der Waals surface area contributed by atoms with Crippen molar-refractivity contribution in [1.82, 2.24) is 19.8 Å². The highest BCUT2D eigenvalue weighted by Crippen LogP contribution is 2.42. The van der Waals surface area contributed by atoms with Gasteiger partial charge in [0.05, 0.1) is 18.4 Å². The number of rotatable bonds is 7. The molecule has 1 saturated carbocycles. The van der Waals surface area contributed by atoms with E-state index in [-0.39, 0.29) is 17.3 Å². The summed E-state index contributed by atoms with van der Waals surface area (Å²) in [5.74, 6) is 1.51. The first-order valence-electron chi connectivity index (χ1n) is 12.6. The van der Waals surface area contributed by atoms with Crippen molar-refractivity contribution in [2.45, 2.75) is 57.8 Å². The number of ether oxygens (including phenoxy) is 1. The molecule has 0 aromatic carbocycles. The Morgan fingerprint density at radius 3 is 2.51 bits per heavy atom. The van der Waals surface area contributed by atoms with Crippen molar-refractivity contribution in [2.75, 3.05) is 38.7 Å². The van der Waals surface area contributed by atoms with Gasteiger partial charge in [-0.05, 0) is 56.1 Å². The van der Waals surface area contributed by atoms with E-state index in [9.17, 15) is 9.59 Å². The number of hydrogen-bond donors (Lipinski definition) is 2. The minimum atomic E-state index is -0.436. The van der Waals surface area contributed by atoms with Crippen molar-refractivity contribution in [3.8, 4) is 5.88 Å². The average Bonchev–Trinajstić information content (AvgIpc) is 2.85. The van der Waals surface area contributed by atoms with Crippen molar-refractivity contribution in [2.24, 2.45) is 0 Å². The lowest BCUT2D eigenvalue weighted by Gasteiger charge is -2.33. The molecular formula is C26H36N6O3. The van der Waals surface area contributed by atoms with E-state index in [4.69, 9.17) is 15.1 Å². The molecule has 2 aromatic heterocycles. The zero-order valence-corrected chi connectivity index (χ0v) is 21.0. The van der Waals surface area contributed by atoms with E-state index in [0.29, 0.717) is 18.0 Å². The Balaban J connectivity index is 1.77. The maximum Gasteiger partial charge on any atom is 0.329 e. The van der Waals surface area contributed by atoms with Crippen molar-refractivity contribution in [1.29, 1.82) is 5.41 Å². The van der Waals surface area contributed by atoms with Crippen LogP contribution < -0.4 is 20.4 Å². The van der Waals surface area contributed by atoms with E-state index in [0.717, 1.165) is 62.3 Å². The molecule has 2 amide bonds. The molecule has 2 N–H and O–H groups in total. The van der Waals surface area contributed by atoms with E-state index in [1.807, 2.05) is 11.0 Å². The Morgan fingerprint density at radius 1 is 1.17 bits per heavy atom. The normalized spacial score (nSPS) is 15.9. The summed E-state index contributed by atoms with van der Waals surface area (Å²) in [5, 5.41) is 11.0. The van der Waals surface area contributed by atoms with Crippen LogP contribution in [0.5, 0.6) is 5.88 Å². The number of anilines is 2. The highest BCUT2D eigenvalue weighted by molar-refractivity contribution is 5.94. The van der Waals surface area contributed by atoms with Crippen LogP contribution in [0, 0.1) is 5.41 Å². The first-order chi connectivity index (χ1) is 17.0. The molecule has 0 atom stereocenters. The van der Waals surface area contributed by atoms with Crippen molar-refractivity contribution in [3.63, 3.8) is 0 Å². The third kappa shape index (κ3) is 5.04. The van der Waals surface area contributed by atoms with Crippen LogP contribution in [0.15, 0.2) is 24.4 Å². The number of pyridine rings is 2. The predicted octanol–water partition coefficient (Wildman–Crippen LogP) is 4.00. The summed E-state index contributed by atoms with van der Waals surface area (Å²) >= 11 is 0. The summed E-state index contributed by atoms with van der Waals surface area (Å²) in [4.78, 5) is 34.4. The van der Waals surface area contributed by atoms with Gasteiger partial charge in [0.2, 0.25) is 5.88 Å². The SMILES string of the molecule is CCCN(c1cc(OC)n(C(=O)NC)c(=N)c1)c1ncc(C(=O)N2CCCCC2)cc1C1CCC1. The summed E-state index contributed by atoms with van der Waals surface area (Å²) in [6, 6.07) is 5.03. The van der Waals surface area contributed by atoms with Gasteiger partial charge < -0.3 is 19.9 Å². The molecule has 1 saturated heterocycles. The smallest absolute Gasteiger partial charge is 0.329 e. The van der Waals surface area contributed by atoms with E-state index < -0.39 is 6.03 Å². The number of amides is 2. The molecule has 4 rings (SSSR count). The van der Waals surface area contributed by atoms with Crippen molar-refractivity contribution >= 4 is 23.4 Å². The van der Waals surface area contributed by atoms with Crippen LogP contribution in [0.4, 0.5) is 16.3 Å². The van der Waals surface area contributed by atoms with Crippen molar-refractivity contribution < 1.29 is 14.3 Å². The number of aromatic nitrogens is 2. The lowest BCUT2D eigenvalue weighted by atomic mass is 9.79. The van der Waals surface area contributed by atoms with Gasteiger partial charge in [0.1, 0.15) is 11.3 Å². The quantitative estimate of drug-likeness (QED) is 0.623. The molecule has 188 valence electrons. The minimum absolute atomic E-state index is 0.0156. The number of piperidine rings is 1. The number of carbonyl (C=O) groups excluding carboxylic acids is 2. The van der Waals surface area contributed by atoms with Crippen LogP contribution in [0.3, 0.4) is 0 Å². The molecule has 9 heteroatoms. The minimum Gasteiger partial charge on any atom is -0.482 e. The molecule has 9 nitrogen and oxygen atoms in total. The summed E-state index contributed by atoms with van der Waals surface area (Å²) in [5.41, 5.74) is 2.48. The largest absolute Gasteiger partial charge is 0.482 e. The first-order valence-corrected chi connectivity index (χ1v) is 12.6. The average molecular weight is 481 g/mol. The monoisotopic (exact) mass is 480 g/mol. The lowest BCUT2D eigenvalue weighted by Crippen LogP contribution is -2.36. The zero-order chi connectivity index (χ0) is 24.9. The van der Waals surface area contributed by atoms with Crippen LogP contribution >= 0.6 is 0 Å². The fourth-order valence-electron chi connectivity index (χ4n) is 4.88. The van der Waals surface area contributed by atoms with E-state index in [1.165, 1.54) is 31.6 Å². The van der Waals surface area contributed by atoms with Gasteiger partial charge in [0.15, 0.2) is 0 Å². The second kappa shape index (κ2) is 10.9. The standard InChI is InChI=1S/C26H36N6O3/c1-4-11-31(20-15-22(27)32(26(34)28-2)23(16-20)35-3)24-21(18-9-8-10-18)14-19(17-29-24)25(33)30-12-6-5-7-13-30/h14-18,27H,4-13H2,1-3H3,(H,28,34). The van der Waals surface area contributed by atoms with Crippen molar-refractivity contribution in [3.05, 3.63) is 41.0 Å². The first kappa shape index (κ1) is 24.8. The Morgan fingerprint density at radius 2 is 1.91 bits per heavy atom. The van der Waals surface area contributed by atoms with E-state index in [2.05, 4.69) is 17.1 Å². The molecular weight excluding hydrogens is 444 g/mol. The van der Waals surface area contributed by atoms with E-state index in [1.54, 1.807) is 18.3 Å². The Labute approximate surface area is 206 Å². The second-order valence-corrected chi connectivity index (χ2v) is 9.30. The summed E-state index contributed by atoms with van der Waals surface area (Å²) in [6.07, 6.45) is 9.17. The van der Waals surface area contributed by atoms with Gasteiger partial charge in [-0.1, -0.05) is 13.3 Å². The predicted molar refractivity (Wildman–Crippen MR) is 135 cm³/mol. The third-order valence-electron chi connectivity index (χ3n) is 6.99. The van der Waals surface area contributed by atoms with Crippen LogP contribution in [-0.4, -0.2) is 60.2 Å². The number of nitrogens with one attached hydrogen (secondary N) is 2. The molecule has 0 unspecified atom stereocenters. The molecule has 2 fully saturated rings. The van der Waals surface area contributed by atoms with E-state index >= 15 is 0 Å². The van der Waals surface area contributed by atoms with Gasteiger partial charge in [0, 0.05) is 45.0 Å². The fourth-order valence-corrected chi connectivity index (χ4v) is 4.88. The number of likely N-dealkylation sites (tertiary alicyclic amines) is 1. The second-order valence-electron chi connectivity index (χ2n) is 9.30. The lowest BCUT2D eigenvalue weighted by molar-refractivity contribution is 0.0723. The van der Waals surface area contributed by atoms with Gasteiger partial charge in [-0.3, -0.25) is 10.2 Å². The van der Waals surface area contributed by atoms with Gasteiger partial charge in [-0.15, -0.1) is 0 Å². The molecule has 0 bridgehead atoms. The highest BCUT2D eigenvalue weighted by atomic mass is 16.5. The molecule has 0 spiro atoms. The molecule has 2 aromatic rings. The molecule has 35 heavy (non-hydrogen) atoms. The van der Waals surface area contributed by atoms with Crippen LogP contribution in [0.25, 0.3) is 0 Å². The Hall–Kier alpha value is -3.36. The molecule has 2 aliphatic rings. The fraction of sp³-hybridized carbons (Fsp3) is 0.538. The molecule has 3 heterocycles. The van der Waals surface area contributed by atoms with Crippen LogP contribution in [0.1, 0.15) is 73.7 Å². The van der Waals surface area contributed by atoms with Gasteiger partial charge in [-0.2, -0.15) is 0 Å². The maximum atomic E-state index is 13.2. The number of nitrogens with zero attached hydrogens (tertiary/aromatic N) is 4. The third-order valence-corrected chi connectivity index (χ3v) is 6.99.